The van der Waals surface area contributed by atoms with E-state index >= 15 is 0 Å². The first-order valence-electron chi connectivity index (χ1n) is 9.74. The molecule has 1 saturated heterocycles. The van der Waals surface area contributed by atoms with Gasteiger partial charge in [-0.05, 0) is 55.3 Å². The number of benzene rings is 2. The lowest BCUT2D eigenvalue weighted by Gasteiger charge is -2.25. The summed E-state index contributed by atoms with van der Waals surface area (Å²) in [4.78, 5) is 27.2. The number of aliphatic hydroxyl groups is 1. The second kappa shape index (κ2) is 9.91. The van der Waals surface area contributed by atoms with Gasteiger partial charge in [-0.1, -0.05) is 28.1 Å². The van der Waals surface area contributed by atoms with Gasteiger partial charge in [0.2, 0.25) is 0 Å². The number of ketones is 1. The van der Waals surface area contributed by atoms with Crippen LogP contribution in [0.4, 0.5) is 0 Å². The van der Waals surface area contributed by atoms with Gasteiger partial charge in [0.1, 0.15) is 11.5 Å². The molecule has 2 aromatic carbocycles. The van der Waals surface area contributed by atoms with Crippen LogP contribution in [-0.4, -0.2) is 48.6 Å². The first-order valence-corrected chi connectivity index (χ1v) is 10.5. The second-order valence-corrected chi connectivity index (χ2v) is 7.76. The molecule has 0 radical (unpaired) electrons. The van der Waals surface area contributed by atoms with E-state index in [1.165, 1.54) is 4.90 Å². The highest BCUT2D eigenvalue weighted by Gasteiger charge is 2.45. The van der Waals surface area contributed by atoms with Gasteiger partial charge in [0.25, 0.3) is 11.7 Å². The van der Waals surface area contributed by atoms with Crippen molar-refractivity contribution in [2.45, 2.75) is 19.4 Å². The molecule has 0 aromatic heterocycles. The summed E-state index contributed by atoms with van der Waals surface area (Å²) in [5.74, 6) is -0.838. The van der Waals surface area contributed by atoms with E-state index in [1.807, 2.05) is 31.2 Å². The Morgan fingerprint density at radius 2 is 1.77 bits per heavy atom. The Labute approximate surface area is 184 Å². The molecule has 1 amide bonds. The van der Waals surface area contributed by atoms with Crippen molar-refractivity contribution in [1.29, 1.82) is 0 Å². The molecule has 1 aliphatic heterocycles. The van der Waals surface area contributed by atoms with E-state index in [2.05, 4.69) is 15.9 Å². The number of hydrogen-bond acceptors (Lipinski definition) is 5. The Bertz CT molecular complexity index is 937. The van der Waals surface area contributed by atoms with Gasteiger partial charge in [-0.3, -0.25) is 9.59 Å². The summed E-state index contributed by atoms with van der Waals surface area (Å²) < 4.78 is 11.4. The lowest BCUT2D eigenvalue weighted by Crippen LogP contribution is -2.31. The number of ether oxygens (including phenoxy) is 2. The molecule has 1 N–H and O–H groups in total. The Hall–Kier alpha value is -2.64. The summed E-state index contributed by atoms with van der Waals surface area (Å²) in [5.41, 5.74) is 1.29. The van der Waals surface area contributed by atoms with Crippen LogP contribution in [0.1, 0.15) is 30.5 Å². The number of Topliss-reactive ketones (excluding diaryl/α,β-unsaturated/α-hetero) is 1. The molecule has 1 unspecified atom stereocenters. The van der Waals surface area contributed by atoms with Gasteiger partial charge >= 0.3 is 0 Å². The van der Waals surface area contributed by atoms with Crippen LogP contribution in [0, 0.1) is 0 Å². The third-order valence-corrected chi connectivity index (χ3v) is 5.44. The Balaban J connectivity index is 2.06. The topological polar surface area (TPSA) is 76.1 Å². The molecular weight excluding hydrogens is 450 g/mol. The van der Waals surface area contributed by atoms with Crippen molar-refractivity contribution < 1.29 is 24.2 Å². The van der Waals surface area contributed by atoms with Crippen LogP contribution >= 0.6 is 15.9 Å². The zero-order valence-electron chi connectivity index (χ0n) is 16.9. The van der Waals surface area contributed by atoms with E-state index in [-0.39, 0.29) is 11.3 Å². The summed E-state index contributed by atoms with van der Waals surface area (Å²) in [6.07, 6.45) is 0.583. The maximum absolute atomic E-state index is 12.9. The Morgan fingerprint density at radius 1 is 1.10 bits per heavy atom. The summed E-state index contributed by atoms with van der Waals surface area (Å²) in [6, 6.07) is 13.5. The van der Waals surface area contributed by atoms with Crippen molar-refractivity contribution in [3.63, 3.8) is 0 Å². The average molecular weight is 474 g/mol. The minimum Gasteiger partial charge on any atom is -0.507 e. The van der Waals surface area contributed by atoms with Crippen molar-refractivity contribution >= 4 is 33.4 Å². The molecular formula is C23H24BrNO5. The highest BCUT2D eigenvalue weighted by Crippen LogP contribution is 2.39. The van der Waals surface area contributed by atoms with Gasteiger partial charge in [0.15, 0.2) is 0 Å². The van der Waals surface area contributed by atoms with Crippen LogP contribution in [0.5, 0.6) is 5.75 Å². The van der Waals surface area contributed by atoms with Crippen LogP contribution in [0.3, 0.4) is 0 Å². The van der Waals surface area contributed by atoms with Crippen molar-refractivity contribution in [2.24, 2.45) is 0 Å². The zero-order valence-corrected chi connectivity index (χ0v) is 18.5. The molecule has 1 aliphatic rings. The minimum absolute atomic E-state index is 0.0869. The predicted octanol–water partition coefficient (Wildman–Crippen LogP) is 4.31. The molecule has 7 heteroatoms. The van der Waals surface area contributed by atoms with Gasteiger partial charge in [0, 0.05) is 30.3 Å². The van der Waals surface area contributed by atoms with Gasteiger partial charge in [-0.2, -0.15) is 0 Å². The zero-order chi connectivity index (χ0) is 21.7. The quantitative estimate of drug-likeness (QED) is 0.267. The number of rotatable bonds is 8. The van der Waals surface area contributed by atoms with E-state index < -0.39 is 17.7 Å². The molecule has 1 fully saturated rings. The number of likely N-dealkylation sites (tertiary alicyclic amines) is 1. The number of hydrogen-bond donors (Lipinski definition) is 1. The van der Waals surface area contributed by atoms with Crippen LogP contribution in [0.2, 0.25) is 0 Å². The first-order chi connectivity index (χ1) is 14.5. The largest absolute Gasteiger partial charge is 0.507 e. The van der Waals surface area contributed by atoms with E-state index in [4.69, 9.17) is 9.47 Å². The minimum atomic E-state index is -0.688. The molecule has 0 aliphatic carbocycles. The summed E-state index contributed by atoms with van der Waals surface area (Å²) in [5, 5.41) is 11.0. The number of methoxy groups -OCH3 is 1. The average Bonchev–Trinajstić information content (AvgIpc) is 3.00. The Kier molecular flexibility index (Phi) is 7.29. The predicted molar refractivity (Wildman–Crippen MR) is 117 cm³/mol. The molecule has 3 rings (SSSR count). The van der Waals surface area contributed by atoms with E-state index in [1.54, 1.807) is 31.4 Å². The van der Waals surface area contributed by atoms with Crippen LogP contribution in [0.15, 0.2) is 58.6 Å². The van der Waals surface area contributed by atoms with Gasteiger partial charge in [0.05, 0.1) is 18.2 Å². The van der Waals surface area contributed by atoms with Gasteiger partial charge in [-0.15, -0.1) is 0 Å². The normalized spacial score (nSPS) is 18.1. The summed E-state index contributed by atoms with van der Waals surface area (Å²) >= 11 is 3.41. The fourth-order valence-electron chi connectivity index (χ4n) is 3.51. The first kappa shape index (κ1) is 22.1. The van der Waals surface area contributed by atoms with Crippen molar-refractivity contribution in [1.82, 2.24) is 4.90 Å². The SMILES string of the molecule is CCOc1ccc(/C(O)=C2\C(=O)C(=O)N(CCCOC)C2c2ccc(Br)cc2)cc1. The number of aliphatic hydroxyl groups excluding tert-OH is 1. The number of nitrogens with zero attached hydrogens (tertiary/aromatic N) is 1. The Morgan fingerprint density at radius 3 is 2.37 bits per heavy atom. The fourth-order valence-corrected chi connectivity index (χ4v) is 3.78. The monoisotopic (exact) mass is 473 g/mol. The van der Waals surface area contributed by atoms with E-state index in [0.717, 1.165) is 10.0 Å². The third kappa shape index (κ3) is 4.57. The molecule has 6 nitrogen and oxygen atoms in total. The smallest absolute Gasteiger partial charge is 0.295 e. The molecule has 2 aromatic rings. The maximum Gasteiger partial charge on any atom is 0.295 e. The molecule has 158 valence electrons. The third-order valence-electron chi connectivity index (χ3n) is 4.91. The second-order valence-electron chi connectivity index (χ2n) is 6.85. The standard InChI is InChI=1S/C23H24BrNO5/c1-3-30-18-11-7-16(8-12-18)21(26)19-20(15-5-9-17(24)10-6-15)25(13-4-14-29-2)23(28)22(19)27/h5-12,20,26H,3-4,13-14H2,1-2H3/b21-19+. The molecule has 0 saturated carbocycles. The maximum atomic E-state index is 12.9. The van der Waals surface area contributed by atoms with E-state index in [9.17, 15) is 14.7 Å². The lowest BCUT2D eigenvalue weighted by molar-refractivity contribution is -0.140. The molecule has 0 bridgehead atoms. The molecule has 1 atom stereocenters. The van der Waals surface area contributed by atoms with Crippen LogP contribution < -0.4 is 4.74 Å². The number of amides is 1. The number of halogens is 1. The number of carbonyl (C=O) groups excluding carboxylic acids is 2. The highest BCUT2D eigenvalue weighted by molar-refractivity contribution is 9.10. The lowest BCUT2D eigenvalue weighted by atomic mass is 9.95. The highest BCUT2D eigenvalue weighted by atomic mass is 79.9. The van der Waals surface area contributed by atoms with Crippen molar-refractivity contribution in [2.75, 3.05) is 26.9 Å². The van der Waals surface area contributed by atoms with Crippen molar-refractivity contribution in [3.05, 3.63) is 69.7 Å². The van der Waals surface area contributed by atoms with Gasteiger partial charge < -0.3 is 19.5 Å². The van der Waals surface area contributed by atoms with E-state index in [0.29, 0.717) is 37.5 Å². The van der Waals surface area contributed by atoms with Gasteiger partial charge in [-0.25, -0.2) is 0 Å². The van der Waals surface area contributed by atoms with Crippen LogP contribution in [-0.2, 0) is 14.3 Å². The summed E-state index contributed by atoms with van der Waals surface area (Å²) in [6.45, 7) is 3.23. The molecule has 30 heavy (non-hydrogen) atoms. The molecule has 1 heterocycles. The summed E-state index contributed by atoms with van der Waals surface area (Å²) in [7, 11) is 1.59. The van der Waals surface area contributed by atoms with Crippen LogP contribution in [0.25, 0.3) is 5.76 Å². The molecule has 0 spiro atoms. The van der Waals surface area contributed by atoms with Crippen molar-refractivity contribution in [3.8, 4) is 5.75 Å². The fraction of sp³-hybridized carbons (Fsp3) is 0.304. The number of carbonyl (C=O) groups is 2.